The maximum atomic E-state index is 10.8. The van der Waals surface area contributed by atoms with E-state index in [-0.39, 0.29) is 5.78 Å². The number of aromatic nitrogens is 2. The summed E-state index contributed by atoms with van der Waals surface area (Å²) in [6.07, 6.45) is 1.09. The van der Waals surface area contributed by atoms with Crippen molar-refractivity contribution in [3.8, 4) is 5.88 Å². The number of hydrogen-bond acceptors (Lipinski definition) is 4. The highest BCUT2D eigenvalue weighted by Gasteiger charge is 2.08. The molecule has 0 aromatic carbocycles. The third kappa shape index (κ3) is 2.30. The SMILES string of the molecule is CC(=O)C(C)Oc1cccnn1. The Kier molecular flexibility index (Phi) is 2.74. The molecule has 0 aliphatic carbocycles. The maximum Gasteiger partial charge on any atom is 0.234 e. The molecule has 0 aliphatic heterocycles. The average Bonchev–Trinajstić information content (AvgIpc) is 2.06. The Labute approximate surface area is 70.6 Å². The fourth-order valence-corrected chi connectivity index (χ4v) is 0.614. The summed E-state index contributed by atoms with van der Waals surface area (Å²) in [6, 6.07) is 3.36. The van der Waals surface area contributed by atoms with Gasteiger partial charge in [-0.15, -0.1) is 5.10 Å². The number of carbonyl (C=O) groups is 1. The molecule has 1 aromatic heterocycles. The standard InChI is InChI=1S/C8H10N2O2/c1-6(11)7(2)12-8-4-3-5-9-10-8/h3-5,7H,1-2H3. The number of Topliss-reactive ketones (excluding diaryl/α,β-unsaturated/α-hetero) is 1. The lowest BCUT2D eigenvalue weighted by Crippen LogP contribution is -2.21. The molecule has 1 rings (SSSR count). The summed E-state index contributed by atoms with van der Waals surface area (Å²) in [6.45, 7) is 3.15. The van der Waals surface area contributed by atoms with Gasteiger partial charge in [0.05, 0.1) is 0 Å². The molecule has 64 valence electrons. The lowest BCUT2D eigenvalue weighted by atomic mass is 10.3. The molecule has 12 heavy (non-hydrogen) atoms. The first-order valence-electron chi connectivity index (χ1n) is 3.65. The summed E-state index contributed by atoms with van der Waals surface area (Å²) in [5.74, 6) is 0.348. The second kappa shape index (κ2) is 3.80. The van der Waals surface area contributed by atoms with Crippen LogP contribution in [-0.4, -0.2) is 22.1 Å². The van der Waals surface area contributed by atoms with Crippen molar-refractivity contribution >= 4 is 5.78 Å². The fraction of sp³-hybridized carbons (Fsp3) is 0.375. The van der Waals surface area contributed by atoms with Crippen LogP contribution >= 0.6 is 0 Å². The molecule has 0 fully saturated rings. The van der Waals surface area contributed by atoms with Gasteiger partial charge in [0.25, 0.3) is 0 Å². The Morgan fingerprint density at radius 2 is 2.42 bits per heavy atom. The Bertz CT molecular complexity index is 261. The van der Waals surface area contributed by atoms with Crippen molar-refractivity contribution in [2.24, 2.45) is 0 Å². The molecule has 1 atom stereocenters. The van der Waals surface area contributed by atoms with Crippen molar-refractivity contribution in [3.63, 3.8) is 0 Å². The van der Waals surface area contributed by atoms with Gasteiger partial charge in [-0.2, -0.15) is 5.10 Å². The highest BCUT2D eigenvalue weighted by atomic mass is 16.5. The van der Waals surface area contributed by atoms with Gasteiger partial charge in [-0.1, -0.05) is 0 Å². The summed E-state index contributed by atoms with van der Waals surface area (Å²) >= 11 is 0. The van der Waals surface area contributed by atoms with Gasteiger partial charge in [0.15, 0.2) is 11.9 Å². The van der Waals surface area contributed by atoms with Crippen molar-refractivity contribution in [2.45, 2.75) is 20.0 Å². The van der Waals surface area contributed by atoms with Crippen LogP contribution in [0.2, 0.25) is 0 Å². The van der Waals surface area contributed by atoms with Gasteiger partial charge in [0, 0.05) is 12.3 Å². The zero-order chi connectivity index (χ0) is 8.97. The number of hydrogen-bond donors (Lipinski definition) is 0. The summed E-state index contributed by atoms with van der Waals surface area (Å²) in [4.78, 5) is 10.8. The number of carbonyl (C=O) groups excluding carboxylic acids is 1. The molecule has 0 spiro atoms. The van der Waals surface area contributed by atoms with Gasteiger partial charge in [-0.3, -0.25) is 4.79 Å². The van der Waals surface area contributed by atoms with E-state index in [1.807, 2.05) is 0 Å². The van der Waals surface area contributed by atoms with Crippen LogP contribution in [-0.2, 0) is 4.79 Å². The summed E-state index contributed by atoms with van der Waals surface area (Å²) in [5.41, 5.74) is 0. The van der Waals surface area contributed by atoms with Crippen molar-refractivity contribution in [1.29, 1.82) is 0 Å². The van der Waals surface area contributed by atoms with Gasteiger partial charge < -0.3 is 4.74 Å². The van der Waals surface area contributed by atoms with E-state index < -0.39 is 6.10 Å². The number of nitrogens with zero attached hydrogens (tertiary/aromatic N) is 2. The first-order chi connectivity index (χ1) is 5.70. The molecule has 0 saturated carbocycles. The van der Waals surface area contributed by atoms with Crippen LogP contribution in [0, 0.1) is 0 Å². The molecule has 0 aliphatic rings. The zero-order valence-electron chi connectivity index (χ0n) is 7.02. The van der Waals surface area contributed by atoms with Gasteiger partial charge in [-0.25, -0.2) is 0 Å². The van der Waals surface area contributed by atoms with Crippen molar-refractivity contribution in [3.05, 3.63) is 18.3 Å². The van der Waals surface area contributed by atoms with Crippen LogP contribution in [0.25, 0.3) is 0 Å². The van der Waals surface area contributed by atoms with Crippen LogP contribution < -0.4 is 4.74 Å². The van der Waals surface area contributed by atoms with Crippen molar-refractivity contribution in [1.82, 2.24) is 10.2 Å². The first kappa shape index (κ1) is 8.64. The molecule has 0 saturated heterocycles. The van der Waals surface area contributed by atoms with Crippen LogP contribution in [0.3, 0.4) is 0 Å². The van der Waals surface area contributed by atoms with E-state index in [0.29, 0.717) is 5.88 Å². The molecule has 0 bridgehead atoms. The molecule has 0 amide bonds. The van der Waals surface area contributed by atoms with Gasteiger partial charge in [-0.05, 0) is 19.9 Å². The Morgan fingerprint density at radius 3 is 2.92 bits per heavy atom. The molecular weight excluding hydrogens is 156 g/mol. The van der Waals surface area contributed by atoms with Gasteiger partial charge in [0.2, 0.25) is 5.88 Å². The second-order valence-corrected chi connectivity index (χ2v) is 2.43. The number of rotatable bonds is 3. The molecule has 1 aromatic rings. The van der Waals surface area contributed by atoms with Crippen molar-refractivity contribution < 1.29 is 9.53 Å². The zero-order valence-corrected chi connectivity index (χ0v) is 7.02. The largest absolute Gasteiger partial charge is 0.466 e. The van der Waals surface area contributed by atoms with Crippen LogP contribution in [0.15, 0.2) is 18.3 Å². The Morgan fingerprint density at radius 1 is 1.67 bits per heavy atom. The Balaban J connectivity index is 2.58. The first-order valence-corrected chi connectivity index (χ1v) is 3.65. The molecular formula is C8H10N2O2. The van der Waals surface area contributed by atoms with Gasteiger partial charge in [0.1, 0.15) is 0 Å². The monoisotopic (exact) mass is 166 g/mol. The minimum absolute atomic E-state index is 0.0272. The Hall–Kier alpha value is -1.45. The predicted octanol–water partition coefficient (Wildman–Crippen LogP) is 0.833. The molecule has 4 heteroatoms. The summed E-state index contributed by atoms with van der Waals surface area (Å²) in [7, 11) is 0. The van der Waals surface area contributed by atoms with Crippen LogP contribution in [0.1, 0.15) is 13.8 Å². The predicted molar refractivity (Wildman–Crippen MR) is 42.8 cm³/mol. The molecule has 0 N–H and O–H groups in total. The third-order valence-corrected chi connectivity index (χ3v) is 1.42. The van der Waals surface area contributed by atoms with Crippen LogP contribution in [0.5, 0.6) is 5.88 Å². The lowest BCUT2D eigenvalue weighted by molar-refractivity contribution is -0.123. The topological polar surface area (TPSA) is 52.1 Å². The molecule has 4 nitrogen and oxygen atoms in total. The summed E-state index contributed by atoms with van der Waals surface area (Å²) in [5, 5.41) is 7.29. The maximum absolute atomic E-state index is 10.8. The van der Waals surface area contributed by atoms with E-state index >= 15 is 0 Å². The third-order valence-electron chi connectivity index (χ3n) is 1.42. The fourth-order valence-electron chi connectivity index (χ4n) is 0.614. The second-order valence-electron chi connectivity index (χ2n) is 2.43. The highest BCUT2D eigenvalue weighted by molar-refractivity contribution is 5.80. The minimum atomic E-state index is -0.457. The molecule has 1 unspecified atom stereocenters. The molecule has 1 heterocycles. The van der Waals surface area contributed by atoms with E-state index in [4.69, 9.17) is 4.74 Å². The van der Waals surface area contributed by atoms with E-state index in [1.165, 1.54) is 6.92 Å². The van der Waals surface area contributed by atoms with Crippen molar-refractivity contribution in [2.75, 3.05) is 0 Å². The molecule has 0 radical (unpaired) electrons. The van der Waals surface area contributed by atoms with E-state index in [9.17, 15) is 4.79 Å². The normalized spacial score (nSPS) is 12.2. The van der Waals surface area contributed by atoms with E-state index in [2.05, 4.69) is 10.2 Å². The number of ether oxygens (including phenoxy) is 1. The summed E-state index contributed by atoms with van der Waals surface area (Å²) < 4.78 is 5.15. The average molecular weight is 166 g/mol. The highest BCUT2D eigenvalue weighted by Crippen LogP contribution is 2.04. The lowest BCUT2D eigenvalue weighted by Gasteiger charge is -2.08. The van der Waals surface area contributed by atoms with Gasteiger partial charge >= 0.3 is 0 Å². The number of ketones is 1. The van der Waals surface area contributed by atoms with E-state index in [0.717, 1.165) is 0 Å². The van der Waals surface area contributed by atoms with E-state index in [1.54, 1.807) is 25.3 Å². The smallest absolute Gasteiger partial charge is 0.234 e. The minimum Gasteiger partial charge on any atom is -0.466 e. The quantitative estimate of drug-likeness (QED) is 0.667. The van der Waals surface area contributed by atoms with Crippen LogP contribution in [0.4, 0.5) is 0 Å².